The van der Waals surface area contributed by atoms with E-state index in [0.29, 0.717) is 0 Å². The average molecular weight is 673 g/mol. The fourth-order valence-electron chi connectivity index (χ4n) is 0.494. The number of carbonyl (C=O) groups is 4. The average Bonchev–Trinajstić information content (AvgIpc) is 2.35. The number of hydrogen-bond donors (Lipinski definition) is 0. The molecule has 0 aromatic rings. The topological polar surface area (TPSA) is 253 Å². The molecule has 4 radical (unpaired) electrons. The van der Waals surface area contributed by atoms with Gasteiger partial charge in [-0.05, 0) is 0 Å². The molecule has 0 saturated carbocycles. The molecule has 15 heteroatoms. The molecule has 4 atom stereocenters. The van der Waals surface area contributed by atoms with Gasteiger partial charge in [-0.25, -0.2) is 0 Å². The first-order valence-electron chi connectivity index (χ1n) is 4.40. The smallest absolute Gasteiger partial charge is 0.848 e. The minimum absolute atomic E-state index is 0. The second kappa shape index (κ2) is 17.7. The molecule has 0 aliphatic heterocycles. The Hall–Kier alpha value is 0.928. The van der Waals surface area contributed by atoms with Crippen LogP contribution in [0.15, 0.2) is 0 Å². The van der Waals surface area contributed by atoms with E-state index >= 15 is 0 Å². The number of hydrogen-bond acceptors (Lipinski definition) is 12. The van der Waals surface area contributed by atoms with Crippen molar-refractivity contribution in [2.45, 2.75) is 24.4 Å². The van der Waals surface area contributed by atoms with Crippen LogP contribution in [0.1, 0.15) is 0 Å². The minimum atomic E-state index is -2.80. The van der Waals surface area contributed by atoms with Crippen molar-refractivity contribution in [1.82, 2.24) is 0 Å². The van der Waals surface area contributed by atoms with E-state index < -0.39 is 48.3 Å². The van der Waals surface area contributed by atoms with Crippen LogP contribution in [0, 0.1) is 0 Å². The summed E-state index contributed by atoms with van der Waals surface area (Å²) in [6, 6.07) is 0. The maximum atomic E-state index is 9.97. The Morgan fingerprint density at radius 1 is 0.478 bits per heavy atom. The fourth-order valence-corrected chi connectivity index (χ4v) is 0.494. The van der Waals surface area contributed by atoms with E-state index in [1.807, 2.05) is 0 Å². The summed E-state index contributed by atoms with van der Waals surface area (Å²) in [5.41, 5.74) is 0. The van der Waals surface area contributed by atoms with E-state index in [1.54, 1.807) is 0 Å². The molecule has 0 bridgehead atoms. The molecule has 0 spiro atoms. The Kier molecular flexibility index (Phi) is 27.1. The van der Waals surface area contributed by atoms with Crippen LogP contribution in [0.4, 0.5) is 0 Å². The van der Waals surface area contributed by atoms with Gasteiger partial charge in [-0.2, -0.15) is 0 Å². The number of carboxylic acid groups (broad SMARTS) is 4. The molecule has 23 heavy (non-hydrogen) atoms. The van der Waals surface area contributed by atoms with Crippen molar-refractivity contribution in [3.05, 3.63) is 0 Å². The van der Waals surface area contributed by atoms with Crippen molar-refractivity contribution in [2.24, 2.45) is 0 Å². The Labute approximate surface area is 203 Å². The minimum Gasteiger partial charge on any atom is -0.848 e. The molecule has 0 aliphatic rings. The predicted molar refractivity (Wildman–Crippen MR) is 52.4 cm³/mol. The van der Waals surface area contributed by atoms with Crippen LogP contribution in [0.25, 0.3) is 0 Å². The summed E-state index contributed by atoms with van der Waals surface area (Å²) in [7, 11) is 0. The maximum Gasteiger partial charge on any atom is 3.00 e. The number of aliphatic carboxylic acids is 4. The van der Waals surface area contributed by atoms with Crippen molar-refractivity contribution < 1.29 is 60.0 Å². The van der Waals surface area contributed by atoms with Gasteiger partial charge in [0.25, 0.3) is 0 Å². The van der Waals surface area contributed by atoms with Gasteiger partial charge in [0.2, 0.25) is 0 Å². The van der Waals surface area contributed by atoms with Gasteiger partial charge in [0.05, 0.1) is 0 Å². The molecule has 0 aromatic carbocycles. The van der Waals surface area contributed by atoms with Crippen molar-refractivity contribution in [3.63, 3.8) is 0 Å². The summed E-state index contributed by atoms with van der Waals surface area (Å²) in [5, 5.41) is 78.0. The van der Waals surface area contributed by atoms with Crippen LogP contribution >= 0.6 is 0 Å². The quantitative estimate of drug-likeness (QED) is 0.238. The molecular weight excluding hydrogens is 669 g/mol. The molecule has 12 nitrogen and oxygen atoms in total. The molecule has 0 rings (SSSR count). The van der Waals surface area contributed by atoms with Gasteiger partial charge >= 0.3 is 97.7 Å². The Morgan fingerprint density at radius 2 is 0.565 bits per heavy atom. The number of carboxylic acids is 4. The van der Waals surface area contributed by atoms with Crippen LogP contribution in [-0.2, 0) is 19.2 Å². The normalized spacial score (nSPS) is 13.7. The van der Waals surface area contributed by atoms with Crippen molar-refractivity contribution in [2.75, 3.05) is 0 Å². The summed E-state index contributed by atoms with van der Waals surface area (Å²) >= 11 is 0. The molecule has 120 valence electrons. The summed E-state index contributed by atoms with van der Waals surface area (Å²) in [5.74, 6) is -8.93. The first-order valence-corrected chi connectivity index (χ1v) is 4.40. The van der Waals surface area contributed by atoms with Crippen LogP contribution in [0.3, 0.4) is 0 Å². The van der Waals surface area contributed by atoms with Gasteiger partial charge in [-0.15, -0.1) is 0 Å². The van der Waals surface area contributed by atoms with E-state index in [4.69, 9.17) is 0 Å². The second-order valence-corrected chi connectivity index (χ2v) is 2.96. The molecule has 0 aliphatic carbocycles. The first kappa shape index (κ1) is 35.1. The zero-order chi connectivity index (χ0) is 16.6. The summed E-state index contributed by atoms with van der Waals surface area (Å²) in [6.07, 6.45) is -11.2. The molecule has 0 N–H and O–H groups in total. The summed E-state index contributed by atoms with van der Waals surface area (Å²) in [4.78, 5) is 38.1. The zero-order valence-corrected chi connectivity index (χ0v) is 20.4. The zero-order valence-electron chi connectivity index (χ0n) is 10.8. The monoisotopic (exact) mass is 672 g/mol. The summed E-state index contributed by atoms with van der Waals surface area (Å²) < 4.78 is 0. The molecular formula is C8H4BaO12Sb2. The SMILES string of the molecule is O=C([O-])[C@H]([O-])[C@@H]([O-])C(=O)[O-].O=C([O-])[C@H]([O-])[C@@H]([O-])C(=O)[O-].[Ba+2].[Sb+3].[Sb+3]. The molecule has 0 heterocycles. The van der Waals surface area contributed by atoms with E-state index in [-0.39, 0.29) is 97.7 Å². The van der Waals surface area contributed by atoms with E-state index in [2.05, 4.69) is 0 Å². The first-order chi connectivity index (χ1) is 8.93. The van der Waals surface area contributed by atoms with Crippen LogP contribution in [0.2, 0.25) is 0 Å². The number of rotatable bonds is 6. The van der Waals surface area contributed by atoms with Gasteiger partial charge in [-0.1, -0.05) is 24.4 Å². The van der Waals surface area contributed by atoms with E-state index in [1.165, 1.54) is 0 Å². The number of carbonyl (C=O) groups excluding carboxylic acids is 4. The van der Waals surface area contributed by atoms with Crippen molar-refractivity contribution in [3.8, 4) is 0 Å². The van der Waals surface area contributed by atoms with Crippen molar-refractivity contribution >= 4 is 122 Å². The fraction of sp³-hybridized carbons (Fsp3) is 0.500. The molecule has 0 fully saturated rings. The van der Waals surface area contributed by atoms with E-state index in [9.17, 15) is 60.0 Å². The van der Waals surface area contributed by atoms with Crippen molar-refractivity contribution in [1.29, 1.82) is 0 Å². The Morgan fingerprint density at radius 3 is 0.609 bits per heavy atom. The van der Waals surface area contributed by atoms with Crippen LogP contribution in [0.5, 0.6) is 0 Å². The predicted octanol–water partition coefficient (Wildman–Crippen LogP) is -13.3. The third-order valence-corrected chi connectivity index (χ3v) is 1.48. The Balaban J connectivity index is -0.0000000831. The van der Waals surface area contributed by atoms with E-state index in [0.717, 1.165) is 0 Å². The van der Waals surface area contributed by atoms with Gasteiger partial charge in [0, 0.05) is 23.9 Å². The van der Waals surface area contributed by atoms with Crippen LogP contribution < -0.4 is 40.9 Å². The second-order valence-electron chi connectivity index (χ2n) is 2.96. The molecule has 0 amide bonds. The maximum absolute atomic E-state index is 9.97. The van der Waals surface area contributed by atoms with Gasteiger partial charge in [0.15, 0.2) is 0 Å². The van der Waals surface area contributed by atoms with Gasteiger partial charge in [0.1, 0.15) is 0 Å². The van der Waals surface area contributed by atoms with Gasteiger partial charge in [-0.3, -0.25) is 0 Å². The Bertz CT molecular complexity index is 319. The molecule has 0 unspecified atom stereocenters. The summed E-state index contributed by atoms with van der Waals surface area (Å²) in [6.45, 7) is 0. The third kappa shape index (κ3) is 16.2. The molecule has 0 aromatic heterocycles. The molecule has 0 saturated heterocycles. The largest absolute Gasteiger partial charge is 3.00 e. The van der Waals surface area contributed by atoms with Crippen LogP contribution in [-0.4, -0.2) is 146 Å². The standard InChI is InChI=1S/2C4H4O6.Ba.2Sb/c2*5-1(3(7)8)2(6)4(9)10;;;/h2*1-2H,(H,7,8)(H,9,10);;;/q2*-2;+2;2*+3/p-4/t2*1-,2-;;;/m11.../s1. The third-order valence-electron chi connectivity index (χ3n) is 1.48. The van der Waals surface area contributed by atoms with Gasteiger partial charge < -0.3 is 60.0 Å².